The standard InChI is InChI=1S/C14H11BF2N2O2/c1-19-11-5-3-2-4-10(11)18-14(19)8-6-7-9(16)13(17)12(8)15(20)21/h2-7,20-21H,1H3. The van der Waals surface area contributed by atoms with Gasteiger partial charge in [-0.1, -0.05) is 12.1 Å². The molecule has 1 heterocycles. The van der Waals surface area contributed by atoms with Crippen molar-refractivity contribution >= 4 is 23.6 Å². The highest BCUT2D eigenvalue weighted by Gasteiger charge is 2.26. The van der Waals surface area contributed by atoms with Crippen LogP contribution in [0.5, 0.6) is 0 Å². The number of aryl methyl sites for hydroxylation is 1. The minimum absolute atomic E-state index is 0.141. The predicted molar refractivity (Wildman–Crippen MR) is 75.9 cm³/mol. The van der Waals surface area contributed by atoms with E-state index in [9.17, 15) is 18.8 Å². The maximum absolute atomic E-state index is 13.9. The van der Waals surface area contributed by atoms with Crippen molar-refractivity contribution in [1.29, 1.82) is 0 Å². The summed E-state index contributed by atoms with van der Waals surface area (Å²) in [5.41, 5.74) is 1.10. The number of benzene rings is 2. The zero-order valence-corrected chi connectivity index (χ0v) is 11.1. The lowest BCUT2D eigenvalue weighted by Gasteiger charge is -2.10. The van der Waals surface area contributed by atoms with Crippen molar-refractivity contribution in [3.8, 4) is 11.4 Å². The molecule has 0 aliphatic rings. The average Bonchev–Trinajstić information content (AvgIpc) is 2.79. The summed E-state index contributed by atoms with van der Waals surface area (Å²) in [5.74, 6) is -2.09. The van der Waals surface area contributed by atoms with E-state index in [1.165, 1.54) is 6.07 Å². The second-order valence-electron chi connectivity index (χ2n) is 4.68. The number of hydrogen-bond acceptors (Lipinski definition) is 3. The summed E-state index contributed by atoms with van der Waals surface area (Å²) in [6, 6.07) is 9.49. The number of hydrogen-bond donors (Lipinski definition) is 2. The predicted octanol–water partition coefficient (Wildman–Crippen LogP) is 1.20. The molecule has 0 unspecified atom stereocenters. The first-order valence-electron chi connectivity index (χ1n) is 6.26. The van der Waals surface area contributed by atoms with Gasteiger partial charge in [-0.3, -0.25) is 0 Å². The third-order valence-corrected chi connectivity index (χ3v) is 3.42. The topological polar surface area (TPSA) is 58.3 Å². The van der Waals surface area contributed by atoms with Crippen LogP contribution in [0.1, 0.15) is 0 Å². The summed E-state index contributed by atoms with van der Waals surface area (Å²) < 4.78 is 28.9. The maximum atomic E-state index is 13.9. The van der Waals surface area contributed by atoms with Crippen LogP contribution in [-0.2, 0) is 7.05 Å². The molecule has 4 nitrogen and oxygen atoms in total. The molecule has 0 aliphatic carbocycles. The third kappa shape index (κ3) is 2.11. The lowest BCUT2D eigenvalue weighted by atomic mass is 9.76. The summed E-state index contributed by atoms with van der Waals surface area (Å²) >= 11 is 0. The molecule has 0 amide bonds. The van der Waals surface area contributed by atoms with Gasteiger partial charge >= 0.3 is 7.12 Å². The fraction of sp³-hybridized carbons (Fsp3) is 0.0714. The molecular formula is C14H11BF2N2O2. The van der Waals surface area contributed by atoms with E-state index in [0.717, 1.165) is 11.6 Å². The van der Waals surface area contributed by atoms with Crippen molar-refractivity contribution in [1.82, 2.24) is 9.55 Å². The highest BCUT2D eigenvalue weighted by molar-refractivity contribution is 6.60. The fourth-order valence-electron chi connectivity index (χ4n) is 2.40. The second-order valence-corrected chi connectivity index (χ2v) is 4.68. The van der Waals surface area contributed by atoms with Crippen molar-refractivity contribution in [3.05, 3.63) is 48.0 Å². The Labute approximate surface area is 119 Å². The van der Waals surface area contributed by atoms with Gasteiger partial charge in [0.1, 0.15) is 5.82 Å². The minimum Gasteiger partial charge on any atom is -0.423 e. The Balaban J connectivity index is 2.33. The van der Waals surface area contributed by atoms with E-state index < -0.39 is 24.2 Å². The van der Waals surface area contributed by atoms with Gasteiger partial charge < -0.3 is 14.6 Å². The van der Waals surface area contributed by atoms with Crippen molar-refractivity contribution in [2.75, 3.05) is 0 Å². The molecule has 2 aromatic carbocycles. The van der Waals surface area contributed by atoms with Crippen LogP contribution in [-0.4, -0.2) is 26.7 Å². The molecule has 0 bridgehead atoms. The smallest absolute Gasteiger partial charge is 0.423 e. The molecule has 0 aliphatic heterocycles. The van der Waals surface area contributed by atoms with E-state index in [0.29, 0.717) is 11.3 Å². The van der Waals surface area contributed by atoms with Crippen molar-refractivity contribution in [2.24, 2.45) is 7.05 Å². The summed E-state index contributed by atoms with van der Waals surface area (Å²) in [5, 5.41) is 18.7. The zero-order chi connectivity index (χ0) is 15.1. The lowest BCUT2D eigenvalue weighted by Crippen LogP contribution is -2.35. The fourth-order valence-corrected chi connectivity index (χ4v) is 2.40. The van der Waals surface area contributed by atoms with Gasteiger partial charge in [0.05, 0.1) is 11.0 Å². The Morgan fingerprint density at radius 3 is 2.48 bits per heavy atom. The Hall–Kier alpha value is -2.25. The van der Waals surface area contributed by atoms with Gasteiger partial charge in [-0.2, -0.15) is 0 Å². The molecule has 21 heavy (non-hydrogen) atoms. The van der Waals surface area contributed by atoms with Gasteiger partial charge in [0.15, 0.2) is 11.6 Å². The molecule has 0 fully saturated rings. The molecule has 0 spiro atoms. The molecule has 0 saturated heterocycles. The summed E-state index contributed by atoms with van der Waals surface area (Å²) in [6.07, 6.45) is 0. The monoisotopic (exact) mass is 288 g/mol. The van der Waals surface area contributed by atoms with E-state index in [4.69, 9.17) is 0 Å². The van der Waals surface area contributed by atoms with E-state index >= 15 is 0 Å². The minimum atomic E-state index is -2.13. The van der Waals surface area contributed by atoms with Crippen molar-refractivity contribution < 1.29 is 18.8 Å². The quantitative estimate of drug-likeness (QED) is 0.697. The van der Waals surface area contributed by atoms with E-state index in [1.54, 1.807) is 17.7 Å². The van der Waals surface area contributed by atoms with Crippen LogP contribution in [0.3, 0.4) is 0 Å². The Morgan fingerprint density at radius 2 is 1.81 bits per heavy atom. The van der Waals surface area contributed by atoms with Crippen LogP contribution in [0.25, 0.3) is 22.4 Å². The molecule has 0 radical (unpaired) electrons. The number of rotatable bonds is 2. The van der Waals surface area contributed by atoms with E-state index in [2.05, 4.69) is 4.98 Å². The molecule has 106 valence electrons. The summed E-state index contributed by atoms with van der Waals surface area (Å²) in [6.45, 7) is 0. The number of fused-ring (bicyclic) bond motifs is 1. The largest absolute Gasteiger partial charge is 0.492 e. The number of aromatic nitrogens is 2. The van der Waals surface area contributed by atoms with Crippen LogP contribution in [0.2, 0.25) is 0 Å². The molecule has 1 aromatic heterocycles. The highest BCUT2D eigenvalue weighted by atomic mass is 19.2. The van der Waals surface area contributed by atoms with Gasteiger partial charge in [-0.25, -0.2) is 13.8 Å². The van der Waals surface area contributed by atoms with Crippen LogP contribution in [0.15, 0.2) is 36.4 Å². The first-order chi connectivity index (χ1) is 10.0. The normalized spacial score (nSPS) is 11.1. The zero-order valence-electron chi connectivity index (χ0n) is 11.1. The molecule has 3 rings (SSSR count). The molecule has 7 heteroatoms. The molecule has 0 saturated carbocycles. The molecule has 0 atom stereocenters. The van der Waals surface area contributed by atoms with Crippen LogP contribution < -0.4 is 5.46 Å². The molecule has 3 aromatic rings. The van der Waals surface area contributed by atoms with E-state index in [-0.39, 0.29) is 5.56 Å². The first-order valence-corrected chi connectivity index (χ1v) is 6.26. The number of halogens is 2. The second kappa shape index (κ2) is 4.94. The third-order valence-electron chi connectivity index (χ3n) is 3.42. The van der Waals surface area contributed by atoms with Gasteiger partial charge in [-0.05, 0) is 24.3 Å². The first kappa shape index (κ1) is 13.7. The lowest BCUT2D eigenvalue weighted by molar-refractivity contribution is 0.420. The summed E-state index contributed by atoms with van der Waals surface area (Å²) in [4.78, 5) is 4.35. The summed E-state index contributed by atoms with van der Waals surface area (Å²) in [7, 11) is -0.407. The Bertz CT molecular complexity index is 833. The number of nitrogens with zero attached hydrogens (tertiary/aromatic N) is 2. The number of para-hydroxylation sites is 2. The van der Waals surface area contributed by atoms with Gasteiger partial charge in [0.2, 0.25) is 0 Å². The maximum Gasteiger partial charge on any atom is 0.492 e. The molecular weight excluding hydrogens is 277 g/mol. The van der Waals surface area contributed by atoms with Crippen LogP contribution in [0, 0.1) is 11.6 Å². The number of imidazole rings is 1. The van der Waals surface area contributed by atoms with Crippen molar-refractivity contribution in [3.63, 3.8) is 0 Å². The van der Waals surface area contributed by atoms with E-state index in [1.807, 2.05) is 18.2 Å². The van der Waals surface area contributed by atoms with Crippen molar-refractivity contribution in [2.45, 2.75) is 0 Å². The average molecular weight is 288 g/mol. The Morgan fingerprint density at radius 1 is 1.10 bits per heavy atom. The Kier molecular flexibility index (Phi) is 3.23. The highest BCUT2D eigenvalue weighted by Crippen LogP contribution is 2.23. The van der Waals surface area contributed by atoms with Crippen LogP contribution in [0.4, 0.5) is 8.78 Å². The molecule has 2 N–H and O–H groups in total. The van der Waals surface area contributed by atoms with Gasteiger partial charge in [-0.15, -0.1) is 0 Å². The van der Waals surface area contributed by atoms with Crippen LogP contribution >= 0.6 is 0 Å². The van der Waals surface area contributed by atoms with Gasteiger partial charge in [0.25, 0.3) is 0 Å². The SMILES string of the molecule is Cn1c(-c2ccc(F)c(F)c2B(O)O)nc2ccccc21. The van der Waals surface area contributed by atoms with Gasteiger partial charge in [0, 0.05) is 18.1 Å².